The highest BCUT2D eigenvalue weighted by Gasteiger charge is 2.13. The molecule has 1 heterocycles. The van der Waals surface area contributed by atoms with Crippen LogP contribution in [-0.2, 0) is 0 Å². The summed E-state index contributed by atoms with van der Waals surface area (Å²) in [5, 5.41) is 6.47. The van der Waals surface area contributed by atoms with Crippen LogP contribution in [0.25, 0.3) is 0 Å². The van der Waals surface area contributed by atoms with E-state index in [2.05, 4.69) is 29.4 Å². The van der Waals surface area contributed by atoms with Gasteiger partial charge >= 0.3 is 0 Å². The van der Waals surface area contributed by atoms with E-state index in [0.717, 1.165) is 49.7 Å². The summed E-state index contributed by atoms with van der Waals surface area (Å²) >= 11 is 0. The molecule has 2 N–H and O–H groups in total. The van der Waals surface area contributed by atoms with Gasteiger partial charge in [0.2, 0.25) is 0 Å². The molecule has 0 saturated carbocycles. The Morgan fingerprint density at radius 3 is 2.95 bits per heavy atom. The molecular weight excluding hydrogens is 266 g/mol. The molecular formula is C16H25N3O2. The van der Waals surface area contributed by atoms with E-state index in [-0.39, 0.29) is 5.78 Å². The second kappa shape index (κ2) is 8.00. The third-order valence-corrected chi connectivity index (χ3v) is 3.76. The number of ether oxygens (including phenoxy) is 1. The van der Waals surface area contributed by atoms with Gasteiger partial charge in [0.25, 0.3) is 0 Å². The Morgan fingerprint density at radius 2 is 2.19 bits per heavy atom. The van der Waals surface area contributed by atoms with Crippen LogP contribution in [0.3, 0.4) is 0 Å². The molecule has 5 heteroatoms. The number of nitrogens with one attached hydrogen (secondary N) is 2. The lowest BCUT2D eigenvalue weighted by atomic mass is 10.1. The Balaban J connectivity index is 1.81. The van der Waals surface area contributed by atoms with Gasteiger partial charge in [-0.25, -0.2) is 0 Å². The summed E-state index contributed by atoms with van der Waals surface area (Å²) in [5.74, 6) is 0.942. The number of ketones is 1. The second-order valence-corrected chi connectivity index (χ2v) is 5.11. The zero-order valence-corrected chi connectivity index (χ0v) is 12.9. The lowest BCUT2D eigenvalue weighted by Gasteiger charge is -2.19. The number of rotatable bonds is 8. The minimum atomic E-state index is 0.115. The van der Waals surface area contributed by atoms with Gasteiger partial charge in [-0.1, -0.05) is 13.8 Å². The van der Waals surface area contributed by atoms with Crippen molar-refractivity contribution < 1.29 is 9.53 Å². The average molecular weight is 291 g/mol. The van der Waals surface area contributed by atoms with Gasteiger partial charge in [0.05, 0.1) is 12.2 Å². The highest BCUT2D eigenvalue weighted by Crippen LogP contribution is 2.28. The molecule has 1 aromatic rings. The molecule has 2 rings (SSSR count). The number of hydrogen-bond acceptors (Lipinski definition) is 5. The monoisotopic (exact) mass is 291 g/mol. The van der Waals surface area contributed by atoms with E-state index in [4.69, 9.17) is 4.74 Å². The summed E-state index contributed by atoms with van der Waals surface area (Å²) in [6.45, 7) is 10.0. The van der Waals surface area contributed by atoms with Crippen molar-refractivity contribution in [3.05, 3.63) is 23.8 Å². The maximum atomic E-state index is 12.2. The number of benzene rings is 1. The number of hydrogen-bond donors (Lipinski definition) is 2. The number of fused-ring (bicyclic) bond motifs is 1. The van der Waals surface area contributed by atoms with Gasteiger partial charge in [0.15, 0.2) is 5.78 Å². The van der Waals surface area contributed by atoms with Crippen molar-refractivity contribution in [2.75, 3.05) is 51.2 Å². The summed E-state index contributed by atoms with van der Waals surface area (Å²) in [6, 6.07) is 5.58. The van der Waals surface area contributed by atoms with Crippen LogP contribution in [0.5, 0.6) is 5.75 Å². The topological polar surface area (TPSA) is 53.6 Å². The average Bonchev–Trinajstić information content (AvgIpc) is 2.54. The van der Waals surface area contributed by atoms with Gasteiger partial charge in [-0.3, -0.25) is 4.79 Å². The molecule has 0 saturated heterocycles. The van der Waals surface area contributed by atoms with E-state index in [1.165, 1.54) is 0 Å². The Bertz CT molecular complexity index is 473. The second-order valence-electron chi connectivity index (χ2n) is 5.11. The summed E-state index contributed by atoms with van der Waals surface area (Å²) in [7, 11) is 0. The normalized spacial score (nSPS) is 13.5. The van der Waals surface area contributed by atoms with E-state index in [1.807, 2.05) is 18.2 Å². The van der Waals surface area contributed by atoms with E-state index in [1.54, 1.807) is 0 Å². The number of carbonyl (C=O) groups is 1. The first kappa shape index (κ1) is 15.8. The SMILES string of the molecule is CCN(CC)CCNCC(=O)c1ccc2c(c1)NCCO2. The summed E-state index contributed by atoms with van der Waals surface area (Å²) < 4.78 is 5.51. The highest BCUT2D eigenvalue weighted by molar-refractivity contribution is 5.98. The third-order valence-electron chi connectivity index (χ3n) is 3.76. The van der Waals surface area contributed by atoms with Crippen molar-refractivity contribution in [1.29, 1.82) is 0 Å². The summed E-state index contributed by atoms with van der Waals surface area (Å²) in [4.78, 5) is 14.5. The Hall–Kier alpha value is -1.59. The first-order chi connectivity index (χ1) is 10.2. The standard InChI is InChI=1S/C16H25N3O2/c1-3-19(4-2)9-7-17-12-15(20)13-5-6-16-14(11-13)18-8-10-21-16/h5-6,11,17-18H,3-4,7-10,12H2,1-2H3. The highest BCUT2D eigenvalue weighted by atomic mass is 16.5. The van der Waals surface area contributed by atoms with Crippen molar-refractivity contribution in [3.63, 3.8) is 0 Å². The molecule has 1 aromatic carbocycles. The molecule has 0 fully saturated rings. The van der Waals surface area contributed by atoms with Crippen LogP contribution in [-0.4, -0.2) is 56.6 Å². The predicted octanol–water partition coefficient (Wildman–Crippen LogP) is 1.60. The van der Waals surface area contributed by atoms with Crippen LogP contribution in [0.1, 0.15) is 24.2 Å². The number of nitrogens with zero attached hydrogens (tertiary/aromatic N) is 1. The number of Topliss-reactive ketones (excluding diaryl/α,β-unsaturated/α-hetero) is 1. The Labute approximate surface area is 126 Å². The van der Waals surface area contributed by atoms with E-state index in [0.29, 0.717) is 13.2 Å². The third kappa shape index (κ3) is 4.44. The minimum absolute atomic E-state index is 0.115. The number of likely N-dealkylation sites (N-methyl/N-ethyl adjacent to an activating group) is 1. The maximum absolute atomic E-state index is 12.2. The fourth-order valence-electron chi connectivity index (χ4n) is 2.40. The van der Waals surface area contributed by atoms with Crippen molar-refractivity contribution in [1.82, 2.24) is 10.2 Å². The fourth-order valence-corrected chi connectivity index (χ4v) is 2.40. The predicted molar refractivity (Wildman–Crippen MR) is 85.4 cm³/mol. The van der Waals surface area contributed by atoms with Crippen LogP contribution < -0.4 is 15.4 Å². The van der Waals surface area contributed by atoms with Crippen molar-refractivity contribution >= 4 is 11.5 Å². The van der Waals surface area contributed by atoms with E-state index in [9.17, 15) is 4.79 Å². The molecule has 0 bridgehead atoms. The van der Waals surface area contributed by atoms with Gasteiger partial charge in [0.1, 0.15) is 12.4 Å². The number of anilines is 1. The molecule has 0 aromatic heterocycles. The van der Waals surface area contributed by atoms with Crippen LogP contribution >= 0.6 is 0 Å². The van der Waals surface area contributed by atoms with Crippen LogP contribution in [0.15, 0.2) is 18.2 Å². The molecule has 21 heavy (non-hydrogen) atoms. The van der Waals surface area contributed by atoms with E-state index >= 15 is 0 Å². The first-order valence-electron chi connectivity index (χ1n) is 7.71. The number of carbonyl (C=O) groups excluding carboxylic acids is 1. The van der Waals surface area contributed by atoms with Gasteiger partial charge in [-0.05, 0) is 31.3 Å². The lowest BCUT2D eigenvalue weighted by molar-refractivity contribution is 0.0990. The van der Waals surface area contributed by atoms with Gasteiger partial charge < -0.3 is 20.3 Å². The molecule has 0 spiro atoms. The van der Waals surface area contributed by atoms with Gasteiger partial charge in [-0.15, -0.1) is 0 Å². The van der Waals surface area contributed by atoms with Crippen LogP contribution in [0.2, 0.25) is 0 Å². The first-order valence-corrected chi connectivity index (χ1v) is 7.71. The molecule has 0 aliphatic carbocycles. The Kier molecular flexibility index (Phi) is 6.02. The summed E-state index contributed by atoms with van der Waals surface area (Å²) in [5.41, 5.74) is 1.64. The molecule has 0 unspecified atom stereocenters. The van der Waals surface area contributed by atoms with Crippen molar-refractivity contribution in [2.24, 2.45) is 0 Å². The molecule has 1 aliphatic heterocycles. The Morgan fingerprint density at radius 1 is 1.38 bits per heavy atom. The van der Waals surface area contributed by atoms with Crippen LogP contribution in [0, 0.1) is 0 Å². The largest absolute Gasteiger partial charge is 0.490 e. The molecule has 1 aliphatic rings. The quantitative estimate of drug-likeness (QED) is 0.563. The van der Waals surface area contributed by atoms with Gasteiger partial charge in [-0.2, -0.15) is 0 Å². The maximum Gasteiger partial charge on any atom is 0.176 e. The molecule has 0 radical (unpaired) electrons. The summed E-state index contributed by atoms with van der Waals surface area (Å²) in [6.07, 6.45) is 0. The van der Waals surface area contributed by atoms with Gasteiger partial charge in [0, 0.05) is 25.2 Å². The lowest BCUT2D eigenvalue weighted by Crippen LogP contribution is -2.34. The van der Waals surface area contributed by atoms with Crippen molar-refractivity contribution in [3.8, 4) is 5.75 Å². The van der Waals surface area contributed by atoms with Crippen LogP contribution in [0.4, 0.5) is 5.69 Å². The molecule has 5 nitrogen and oxygen atoms in total. The fraction of sp³-hybridized carbons (Fsp3) is 0.562. The minimum Gasteiger partial charge on any atom is -0.490 e. The zero-order valence-electron chi connectivity index (χ0n) is 12.9. The van der Waals surface area contributed by atoms with E-state index < -0.39 is 0 Å². The molecule has 116 valence electrons. The van der Waals surface area contributed by atoms with Crippen molar-refractivity contribution in [2.45, 2.75) is 13.8 Å². The smallest absolute Gasteiger partial charge is 0.176 e. The zero-order chi connectivity index (χ0) is 15.1. The molecule has 0 atom stereocenters. The molecule has 0 amide bonds.